The Bertz CT molecular complexity index is 814. The average Bonchev–Trinajstić information content (AvgIpc) is 2.91. The van der Waals surface area contributed by atoms with E-state index in [0.29, 0.717) is 29.4 Å². The molecule has 1 aromatic rings. The molecule has 0 amide bonds. The van der Waals surface area contributed by atoms with Crippen LogP contribution in [-0.2, 0) is 19.9 Å². The quantitative estimate of drug-likeness (QED) is 0.670. The van der Waals surface area contributed by atoms with Crippen molar-refractivity contribution in [2.24, 2.45) is 16.2 Å². The van der Waals surface area contributed by atoms with Crippen molar-refractivity contribution < 1.29 is 16.8 Å². The number of primary sulfonamides is 1. The minimum atomic E-state index is -3.98. The molecule has 1 aliphatic rings. The predicted molar refractivity (Wildman–Crippen MR) is 92.1 cm³/mol. The van der Waals surface area contributed by atoms with Crippen molar-refractivity contribution in [3.05, 3.63) is 16.5 Å². The molecule has 0 saturated heterocycles. The molecule has 0 unspecified atom stereocenters. The van der Waals surface area contributed by atoms with Crippen LogP contribution in [0, 0.1) is 10.8 Å². The van der Waals surface area contributed by atoms with Gasteiger partial charge in [0.2, 0.25) is 10.0 Å². The van der Waals surface area contributed by atoms with Gasteiger partial charge in [-0.15, -0.1) is 11.3 Å². The van der Waals surface area contributed by atoms with E-state index >= 15 is 0 Å². The highest BCUT2D eigenvalue weighted by atomic mass is 32.3. The SMILES string of the molecule is CC(C)CN[C@H]1C[C@H](CCN=O)S(=O)(=O)c2sc(S(N)(=O)=O)cc21. The third kappa shape index (κ3) is 4.02. The van der Waals surface area contributed by atoms with Crippen molar-refractivity contribution >= 4 is 31.2 Å². The molecule has 2 atom stereocenters. The summed E-state index contributed by atoms with van der Waals surface area (Å²) in [6.07, 6.45) is 0.395. The van der Waals surface area contributed by atoms with E-state index in [2.05, 4.69) is 10.5 Å². The Morgan fingerprint density at radius 2 is 2.12 bits per heavy atom. The normalized spacial score (nSPS) is 23.2. The zero-order valence-corrected chi connectivity index (χ0v) is 15.9. The van der Waals surface area contributed by atoms with Crippen LogP contribution >= 0.6 is 11.3 Å². The van der Waals surface area contributed by atoms with Crippen LogP contribution in [0.15, 0.2) is 19.7 Å². The molecule has 11 heteroatoms. The summed E-state index contributed by atoms with van der Waals surface area (Å²) in [5.74, 6) is 0.346. The molecule has 24 heavy (non-hydrogen) atoms. The lowest BCUT2D eigenvalue weighted by molar-refractivity contribution is 0.423. The molecular formula is C13H21N3O5S3. The van der Waals surface area contributed by atoms with Gasteiger partial charge < -0.3 is 5.32 Å². The fourth-order valence-corrected chi connectivity index (χ4v) is 7.37. The van der Waals surface area contributed by atoms with Gasteiger partial charge in [-0.3, -0.25) is 0 Å². The third-order valence-corrected chi connectivity index (χ3v) is 9.24. The van der Waals surface area contributed by atoms with E-state index in [1.54, 1.807) is 0 Å². The maximum Gasteiger partial charge on any atom is 0.247 e. The number of nitrogens with zero attached hydrogens (tertiary/aromatic N) is 1. The van der Waals surface area contributed by atoms with Crippen molar-refractivity contribution in [3.8, 4) is 0 Å². The summed E-state index contributed by atoms with van der Waals surface area (Å²) in [7, 11) is -7.68. The van der Waals surface area contributed by atoms with Crippen LogP contribution in [0.25, 0.3) is 0 Å². The van der Waals surface area contributed by atoms with Crippen LogP contribution in [-0.4, -0.2) is 35.2 Å². The van der Waals surface area contributed by atoms with Crippen LogP contribution in [0.5, 0.6) is 0 Å². The topological polar surface area (TPSA) is 136 Å². The molecule has 0 radical (unpaired) electrons. The Morgan fingerprint density at radius 3 is 2.67 bits per heavy atom. The molecular weight excluding hydrogens is 374 g/mol. The van der Waals surface area contributed by atoms with Crippen LogP contribution in [0.1, 0.15) is 38.3 Å². The van der Waals surface area contributed by atoms with Crippen molar-refractivity contribution in [3.63, 3.8) is 0 Å². The summed E-state index contributed by atoms with van der Waals surface area (Å²) >= 11 is 0.675. The molecule has 136 valence electrons. The highest BCUT2D eigenvalue weighted by Gasteiger charge is 2.41. The van der Waals surface area contributed by atoms with Crippen LogP contribution in [0.3, 0.4) is 0 Å². The highest BCUT2D eigenvalue weighted by molar-refractivity contribution is 7.95. The fourth-order valence-electron chi connectivity index (χ4n) is 2.68. The molecule has 0 bridgehead atoms. The number of nitrogens with one attached hydrogen (secondary N) is 1. The second-order valence-corrected chi connectivity index (χ2v) is 11.5. The first kappa shape index (κ1) is 19.4. The minimum absolute atomic E-state index is 0.0231. The van der Waals surface area contributed by atoms with Gasteiger partial charge >= 0.3 is 0 Å². The second-order valence-electron chi connectivity index (χ2n) is 6.25. The van der Waals surface area contributed by atoms with Gasteiger partial charge in [0.15, 0.2) is 9.84 Å². The Hall–Kier alpha value is -0.880. The number of thiophene rings is 1. The largest absolute Gasteiger partial charge is 0.310 e. The van der Waals surface area contributed by atoms with Crippen molar-refractivity contribution in [1.82, 2.24) is 5.32 Å². The van der Waals surface area contributed by atoms with Gasteiger partial charge in [0.05, 0.1) is 11.8 Å². The Balaban J connectivity index is 2.49. The summed E-state index contributed by atoms with van der Waals surface area (Å²) < 4.78 is 48.5. The summed E-state index contributed by atoms with van der Waals surface area (Å²) in [6, 6.07) is 1.05. The van der Waals surface area contributed by atoms with Gasteiger partial charge in [-0.05, 0) is 31.4 Å². The maximum absolute atomic E-state index is 12.7. The highest BCUT2D eigenvalue weighted by Crippen LogP contribution is 2.43. The first-order valence-corrected chi connectivity index (χ1v) is 11.4. The maximum atomic E-state index is 12.7. The molecule has 1 aliphatic heterocycles. The van der Waals surface area contributed by atoms with Gasteiger partial charge in [-0.25, -0.2) is 22.0 Å². The molecule has 2 rings (SSSR count). The zero-order chi connectivity index (χ0) is 18.1. The first-order chi connectivity index (χ1) is 11.1. The van der Waals surface area contributed by atoms with Crippen LogP contribution in [0.2, 0.25) is 0 Å². The monoisotopic (exact) mass is 395 g/mol. The van der Waals surface area contributed by atoms with Crippen molar-refractivity contribution in [1.29, 1.82) is 0 Å². The van der Waals surface area contributed by atoms with E-state index < -0.39 is 25.1 Å². The smallest absolute Gasteiger partial charge is 0.247 e. The lowest BCUT2D eigenvalue weighted by Crippen LogP contribution is -2.36. The number of nitrogens with two attached hydrogens (primary N) is 1. The Labute approximate surface area is 145 Å². The number of nitroso groups, excluding NO2 is 1. The summed E-state index contributed by atoms with van der Waals surface area (Å²) in [4.78, 5) is 10.4. The molecule has 1 aromatic heterocycles. The number of sulfonamides is 1. The predicted octanol–water partition coefficient (Wildman–Crippen LogP) is 1.38. The molecule has 0 saturated carbocycles. The fraction of sp³-hybridized carbons (Fsp3) is 0.692. The average molecular weight is 396 g/mol. The molecule has 0 spiro atoms. The molecule has 2 heterocycles. The van der Waals surface area contributed by atoms with E-state index in [1.165, 1.54) is 6.07 Å². The number of fused-ring (bicyclic) bond motifs is 1. The number of hydrogen-bond donors (Lipinski definition) is 2. The third-order valence-electron chi connectivity index (χ3n) is 3.87. The van der Waals surface area contributed by atoms with Crippen molar-refractivity contribution in [2.45, 2.75) is 46.4 Å². The lowest BCUT2D eigenvalue weighted by Gasteiger charge is -2.30. The van der Waals surface area contributed by atoms with E-state index in [-0.39, 0.29) is 33.8 Å². The van der Waals surface area contributed by atoms with Gasteiger partial charge in [0.25, 0.3) is 0 Å². The number of sulfone groups is 1. The van der Waals surface area contributed by atoms with Gasteiger partial charge in [-0.2, -0.15) is 4.91 Å². The first-order valence-electron chi connectivity index (χ1n) is 7.50. The Kier molecular flexibility index (Phi) is 5.80. The zero-order valence-electron chi connectivity index (χ0n) is 13.4. The van der Waals surface area contributed by atoms with Gasteiger partial charge in [0.1, 0.15) is 8.42 Å². The molecule has 0 aliphatic carbocycles. The molecule has 0 fully saturated rings. The van der Waals surface area contributed by atoms with Crippen molar-refractivity contribution in [2.75, 3.05) is 13.1 Å². The number of hydrogen-bond acceptors (Lipinski definition) is 8. The summed E-state index contributed by atoms with van der Waals surface area (Å²) in [5.41, 5.74) is 0.444. The van der Waals surface area contributed by atoms with E-state index in [0.717, 1.165) is 0 Å². The summed E-state index contributed by atoms with van der Waals surface area (Å²) in [5, 5.41) is 10.4. The standard InChI is InChI=1S/C13H21N3O5S3/c1-8(2)7-15-11-5-9(3-4-16-17)23(18,19)13-10(11)6-12(22-13)24(14,20)21/h6,8-9,11,15H,3-5,7H2,1-2H3,(H2,14,20,21)/t9-,11-/m0/s1. The van der Waals surface area contributed by atoms with E-state index in [1.807, 2.05) is 13.8 Å². The number of rotatable bonds is 7. The van der Waals surface area contributed by atoms with Gasteiger partial charge in [-0.1, -0.05) is 19.0 Å². The second kappa shape index (κ2) is 7.16. The molecule has 3 N–H and O–H groups in total. The minimum Gasteiger partial charge on any atom is -0.310 e. The molecule has 8 nitrogen and oxygen atoms in total. The Morgan fingerprint density at radius 1 is 1.46 bits per heavy atom. The van der Waals surface area contributed by atoms with Crippen LogP contribution in [0.4, 0.5) is 0 Å². The van der Waals surface area contributed by atoms with Gasteiger partial charge in [0, 0.05) is 11.6 Å². The molecule has 0 aromatic carbocycles. The van der Waals surface area contributed by atoms with E-state index in [9.17, 15) is 21.7 Å². The summed E-state index contributed by atoms with van der Waals surface area (Å²) in [6.45, 7) is 4.60. The van der Waals surface area contributed by atoms with Crippen LogP contribution < -0.4 is 10.5 Å². The lowest BCUT2D eigenvalue weighted by atomic mass is 10.0. The van der Waals surface area contributed by atoms with E-state index in [4.69, 9.17) is 5.14 Å².